The summed E-state index contributed by atoms with van der Waals surface area (Å²) in [4.78, 5) is 34.6. The smallest absolute Gasteiger partial charge is 0.319 e. The number of nitro benzene ring substituents is 1. The number of amides is 1. The molecule has 7 nitrogen and oxygen atoms in total. The Balaban J connectivity index is 1.76. The van der Waals surface area contributed by atoms with Crippen molar-refractivity contribution < 1.29 is 19.2 Å². The molecule has 0 aliphatic rings. The number of halogens is 1. The summed E-state index contributed by atoms with van der Waals surface area (Å²) in [5.74, 6) is -0.984. The first-order valence-electron chi connectivity index (χ1n) is 7.94. The molecule has 0 unspecified atom stereocenters. The monoisotopic (exact) mass is 408 g/mol. The number of hydrogen-bond donors (Lipinski definition) is 1. The van der Waals surface area contributed by atoms with Crippen LogP contribution in [0.3, 0.4) is 0 Å². The van der Waals surface area contributed by atoms with Gasteiger partial charge in [0, 0.05) is 28.6 Å². The minimum atomic E-state index is -0.567. The molecule has 1 N–H and O–H groups in total. The van der Waals surface area contributed by atoms with Crippen LogP contribution in [0, 0.1) is 10.1 Å². The lowest BCUT2D eigenvalue weighted by molar-refractivity contribution is -0.384. The lowest BCUT2D eigenvalue weighted by atomic mass is 10.2. The van der Waals surface area contributed by atoms with E-state index >= 15 is 0 Å². The number of thioether (sulfide) groups is 1. The molecule has 2 rings (SSSR count). The van der Waals surface area contributed by atoms with Crippen LogP contribution < -0.4 is 5.32 Å². The fraction of sp³-hybridized carbons (Fsp3) is 0.222. The molecule has 0 radical (unpaired) electrons. The van der Waals surface area contributed by atoms with Gasteiger partial charge in [-0.05, 0) is 30.7 Å². The van der Waals surface area contributed by atoms with E-state index < -0.39 is 28.7 Å². The van der Waals surface area contributed by atoms with Crippen LogP contribution in [0.4, 0.5) is 5.69 Å². The molecular formula is C18H17ClN2O5S. The molecule has 27 heavy (non-hydrogen) atoms. The Bertz CT molecular complexity index is 829. The van der Waals surface area contributed by atoms with Crippen molar-refractivity contribution in [3.8, 4) is 0 Å². The van der Waals surface area contributed by atoms with E-state index in [9.17, 15) is 19.7 Å². The summed E-state index contributed by atoms with van der Waals surface area (Å²) >= 11 is 7.19. The average molecular weight is 409 g/mol. The maximum absolute atomic E-state index is 12.0. The van der Waals surface area contributed by atoms with Crippen LogP contribution in [-0.2, 0) is 20.9 Å². The van der Waals surface area contributed by atoms with Gasteiger partial charge < -0.3 is 10.1 Å². The number of nitrogens with zero attached hydrogens (tertiary/aromatic N) is 1. The fourth-order valence-electron chi connectivity index (χ4n) is 2.04. The molecule has 2 aromatic rings. The van der Waals surface area contributed by atoms with Crippen LogP contribution in [0.15, 0.2) is 53.4 Å². The van der Waals surface area contributed by atoms with Crippen molar-refractivity contribution in [3.63, 3.8) is 0 Å². The van der Waals surface area contributed by atoms with Gasteiger partial charge in [-0.15, -0.1) is 11.8 Å². The molecular weight excluding hydrogens is 392 g/mol. The lowest BCUT2D eigenvalue weighted by Gasteiger charge is -2.11. The van der Waals surface area contributed by atoms with Gasteiger partial charge in [0.2, 0.25) is 0 Å². The third-order valence-corrected chi connectivity index (χ3v) is 4.93. The zero-order valence-electron chi connectivity index (χ0n) is 14.4. The second-order valence-corrected chi connectivity index (χ2v) is 7.31. The zero-order valence-corrected chi connectivity index (χ0v) is 16.0. The number of non-ortho nitro benzene ring substituents is 1. The van der Waals surface area contributed by atoms with Gasteiger partial charge in [-0.25, -0.2) is 0 Å². The van der Waals surface area contributed by atoms with Gasteiger partial charge in [-0.2, -0.15) is 0 Å². The van der Waals surface area contributed by atoms with E-state index in [1.54, 1.807) is 37.3 Å². The normalized spacial score (nSPS) is 11.5. The molecule has 0 saturated carbocycles. The number of nitrogens with one attached hydrogen (secondary N) is 1. The molecule has 0 fully saturated rings. The first kappa shape index (κ1) is 20.7. The molecule has 0 aromatic heterocycles. The highest BCUT2D eigenvalue weighted by Crippen LogP contribution is 2.26. The molecule has 0 aliphatic carbocycles. The van der Waals surface area contributed by atoms with Crippen LogP contribution in [0.25, 0.3) is 0 Å². The summed E-state index contributed by atoms with van der Waals surface area (Å²) in [5.41, 5.74) is 0.741. The maximum Gasteiger partial charge on any atom is 0.319 e. The van der Waals surface area contributed by atoms with Crippen molar-refractivity contribution in [2.45, 2.75) is 23.6 Å². The van der Waals surface area contributed by atoms with Crippen LogP contribution in [-0.4, -0.2) is 28.7 Å². The van der Waals surface area contributed by atoms with E-state index in [-0.39, 0.29) is 12.2 Å². The first-order valence-corrected chi connectivity index (χ1v) is 9.20. The summed E-state index contributed by atoms with van der Waals surface area (Å²) < 4.78 is 5.01. The minimum Gasteiger partial charge on any atom is -0.455 e. The quantitative estimate of drug-likeness (QED) is 0.310. The topological polar surface area (TPSA) is 98.5 Å². The van der Waals surface area contributed by atoms with Gasteiger partial charge in [0.15, 0.2) is 6.61 Å². The maximum atomic E-state index is 12.0. The number of benzene rings is 2. The Morgan fingerprint density at radius 2 is 1.89 bits per heavy atom. The first-order chi connectivity index (χ1) is 12.9. The van der Waals surface area contributed by atoms with Gasteiger partial charge in [0.1, 0.15) is 5.25 Å². The van der Waals surface area contributed by atoms with E-state index in [0.717, 1.165) is 5.56 Å². The highest BCUT2D eigenvalue weighted by Gasteiger charge is 2.18. The number of hydrogen-bond acceptors (Lipinski definition) is 6. The number of esters is 1. The summed E-state index contributed by atoms with van der Waals surface area (Å²) in [6.07, 6.45) is 0. The predicted molar refractivity (Wildman–Crippen MR) is 103 cm³/mol. The average Bonchev–Trinajstić information content (AvgIpc) is 2.65. The highest BCUT2D eigenvalue weighted by atomic mass is 35.5. The van der Waals surface area contributed by atoms with Gasteiger partial charge in [-0.1, -0.05) is 29.8 Å². The van der Waals surface area contributed by atoms with Gasteiger partial charge in [0.05, 0.1) is 4.92 Å². The Kier molecular flexibility index (Phi) is 7.63. The third kappa shape index (κ3) is 6.58. The zero-order chi connectivity index (χ0) is 19.8. The number of ether oxygens (including phenoxy) is 1. The van der Waals surface area contributed by atoms with Crippen LogP contribution in [0.2, 0.25) is 5.02 Å². The van der Waals surface area contributed by atoms with E-state index in [1.807, 2.05) is 6.07 Å². The fourth-order valence-corrected chi connectivity index (χ4v) is 3.11. The van der Waals surface area contributed by atoms with Crippen LogP contribution >= 0.6 is 23.4 Å². The summed E-state index contributed by atoms with van der Waals surface area (Å²) in [6, 6.07) is 13.0. The second kappa shape index (κ2) is 9.94. The van der Waals surface area contributed by atoms with E-state index in [0.29, 0.717) is 9.92 Å². The highest BCUT2D eigenvalue weighted by molar-refractivity contribution is 8.00. The SMILES string of the molecule is C[C@H](Sc1ccc([N+](=O)[O-])cc1)C(=O)OCC(=O)NCc1ccccc1Cl. The number of rotatable bonds is 8. The van der Waals surface area contributed by atoms with Crippen molar-refractivity contribution in [1.82, 2.24) is 5.32 Å². The van der Waals surface area contributed by atoms with Gasteiger partial charge >= 0.3 is 5.97 Å². The number of carbonyl (C=O) groups is 2. The summed E-state index contributed by atoms with van der Waals surface area (Å²) in [5, 5.41) is 13.2. The molecule has 0 saturated heterocycles. The Morgan fingerprint density at radius 1 is 1.22 bits per heavy atom. The Morgan fingerprint density at radius 3 is 2.52 bits per heavy atom. The van der Waals surface area contributed by atoms with Crippen molar-refractivity contribution >= 4 is 40.9 Å². The Hall–Kier alpha value is -2.58. The molecule has 142 valence electrons. The largest absolute Gasteiger partial charge is 0.455 e. The van der Waals surface area contributed by atoms with E-state index in [1.165, 1.54) is 23.9 Å². The second-order valence-electron chi connectivity index (χ2n) is 5.49. The molecule has 1 amide bonds. The van der Waals surface area contributed by atoms with Crippen molar-refractivity contribution in [1.29, 1.82) is 0 Å². The van der Waals surface area contributed by atoms with Crippen molar-refractivity contribution in [2.75, 3.05) is 6.61 Å². The molecule has 0 heterocycles. The molecule has 9 heteroatoms. The van der Waals surface area contributed by atoms with E-state index in [4.69, 9.17) is 16.3 Å². The summed E-state index contributed by atoms with van der Waals surface area (Å²) in [7, 11) is 0. The third-order valence-electron chi connectivity index (χ3n) is 3.47. The molecule has 2 aromatic carbocycles. The number of carbonyl (C=O) groups excluding carboxylic acids is 2. The molecule has 1 atom stereocenters. The lowest BCUT2D eigenvalue weighted by Crippen LogP contribution is -2.30. The van der Waals surface area contributed by atoms with Gasteiger partial charge in [-0.3, -0.25) is 19.7 Å². The standard InChI is InChI=1S/C18H17ClN2O5S/c1-12(27-15-8-6-14(7-9-15)21(24)25)18(23)26-11-17(22)20-10-13-4-2-3-5-16(13)19/h2-9,12H,10-11H2,1H3,(H,20,22)/t12-/m0/s1. The predicted octanol–water partition coefficient (Wildman–Crippen LogP) is 3.59. The van der Waals surface area contributed by atoms with Crippen LogP contribution in [0.1, 0.15) is 12.5 Å². The van der Waals surface area contributed by atoms with Crippen molar-refractivity contribution in [2.24, 2.45) is 0 Å². The number of nitro groups is 1. The summed E-state index contributed by atoms with van der Waals surface area (Å²) in [6.45, 7) is 1.48. The minimum absolute atomic E-state index is 0.0234. The Labute approximate surface area is 165 Å². The van der Waals surface area contributed by atoms with Crippen LogP contribution in [0.5, 0.6) is 0 Å². The molecule has 0 bridgehead atoms. The van der Waals surface area contributed by atoms with Crippen molar-refractivity contribution in [3.05, 3.63) is 69.2 Å². The molecule has 0 spiro atoms. The van der Waals surface area contributed by atoms with E-state index in [2.05, 4.69) is 5.32 Å². The molecule has 0 aliphatic heterocycles. The van der Waals surface area contributed by atoms with Gasteiger partial charge in [0.25, 0.3) is 11.6 Å².